The van der Waals surface area contributed by atoms with Gasteiger partial charge in [0.15, 0.2) is 9.84 Å². The van der Waals surface area contributed by atoms with Crippen LogP contribution in [0, 0.1) is 0 Å². The second kappa shape index (κ2) is 6.98. The first-order valence-corrected chi connectivity index (χ1v) is 10.6. The fourth-order valence-corrected chi connectivity index (χ4v) is 5.31. The van der Waals surface area contributed by atoms with Gasteiger partial charge in [0.25, 0.3) is 5.91 Å². The second-order valence-electron chi connectivity index (χ2n) is 6.72. The highest BCUT2D eigenvalue weighted by Crippen LogP contribution is 2.26. The predicted molar refractivity (Wildman–Crippen MR) is 107 cm³/mol. The van der Waals surface area contributed by atoms with Crippen molar-refractivity contribution in [3.63, 3.8) is 0 Å². The van der Waals surface area contributed by atoms with Crippen LogP contribution in [0.2, 0.25) is 5.02 Å². The third-order valence-electron chi connectivity index (χ3n) is 5.01. The van der Waals surface area contributed by atoms with Gasteiger partial charge >= 0.3 is 0 Å². The molecular weight excluding hydrogens is 382 g/mol. The Morgan fingerprint density at radius 2 is 1.67 bits per heavy atom. The summed E-state index contributed by atoms with van der Waals surface area (Å²) in [6.45, 7) is 0.639. The zero-order valence-corrected chi connectivity index (χ0v) is 16.1. The largest absolute Gasteiger partial charge is 0.337 e. The van der Waals surface area contributed by atoms with E-state index in [1.54, 1.807) is 23.1 Å². The van der Waals surface area contributed by atoms with E-state index in [0.29, 0.717) is 23.6 Å². The van der Waals surface area contributed by atoms with Gasteiger partial charge in [-0.15, -0.1) is 0 Å². The van der Waals surface area contributed by atoms with Crippen molar-refractivity contribution in [1.82, 2.24) is 4.90 Å². The molecule has 1 unspecified atom stereocenters. The van der Waals surface area contributed by atoms with Crippen molar-refractivity contribution in [3.8, 4) is 0 Å². The minimum atomic E-state index is -3.49. The van der Waals surface area contributed by atoms with E-state index in [2.05, 4.69) is 0 Å². The number of nitrogens with zero attached hydrogens (tertiary/aromatic N) is 1. The van der Waals surface area contributed by atoms with Crippen molar-refractivity contribution < 1.29 is 13.2 Å². The zero-order chi connectivity index (χ0) is 19.0. The Labute approximate surface area is 163 Å². The lowest BCUT2D eigenvalue weighted by Gasteiger charge is -2.17. The molecule has 1 amide bonds. The van der Waals surface area contributed by atoms with Gasteiger partial charge in [0.2, 0.25) is 0 Å². The molecule has 1 saturated heterocycles. The molecule has 0 aromatic heterocycles. The molecule has 1 heterocycles. The number of rotatable bonds is 3. The third-order valence-corrected chi connectivity index (χ3v) is 7.45. The first-order valence-electron chi connectivity index (χ1n) is 8.73. The molecule has 1 fully saturated rings. The Bertz CT molecular complexity index is 1110. The van der Waals surface area contributed by atoms with E-state index in [9.17, 15) is 13.2 Å². The van der Waals surface area contributed by atoms with Gasteiger partial charge < -0.3 is 4.90 Å². The number of sulfone groups is 1. The Hall–Kier alpha value is -2.37. The Morgan fingerprint density at radius 1 is 0.963 bits per heavy atom. The number of halogens is 1. The van der Waals surface area contributed by atoms with Gasteiger partial charge in [-0.05, 0) is 53.6 Å². The minimum absolute atomic E-state index is 0.130. The van der Waals surface area contributed by atoms with E-state index in [-0.39, 0.29) is 17.3 Å². The maximum Gasteiger partial charge on any atom is 0.253 e. The summed E-state index contributed by atoms with van der Waals surface area (Å²) < 4.78 is 25.7. The minimum Gasteiger partial charge on any atom is -0.337 e. The fraction of sp³-hybridized carbons (Fsp3) is 0.190. The van der Waals surface area contributed by atoms with Crippen LogP contribution in [0.4, 0.5) is 0 Å². The van der Waals surface area contributed by atoms with Crippen LogP contribution in [-0.2, 0) is 9.84 Å². The third kappa shape index (κ3) is 3.45. The lowest BCUT2D eigenvalue weighted by Crippen LogP contribution is -2.31. The van der Waals surface area contributed by atoms with Crippen molar-refractivity contribution >= 4 is 38.1 Å². The quantitative estimate of drug-likeness (QED) is 0.663. The van der Waals surface area contributed by atoms with Gasteiger partial charge in [0, 0.05) is 23.7 Å². The summed E-state index contributed by atoms with van der Waals surface area (Å²) in [5.41, 5.74) is 0.582. The molecule has 138 valence electrons. The summed E-state index contributed by atoms with van der Waals surface area (Å²) in [6, 6.07) is 19.6. The normalized spacial score (nSPS) is 17.4. The molecule has 6 heteroatoms. The smallest absolute Gasteiger partial charge is 0.253 e. The number of likely N-dealkylation sites (tertiary alicyclic amines) is 1. The van der Waals surface area contributed by atoms with E-state index >= 15 is 0 Å². The molecule has 0 bridgehead atoms. The predicted octanol–water partition coefficient (Wildman–Crippen LogP) is 4.18. The molecule has 0 radical (unpaired) electrons. The van der Waals surface area contributed by atoms with Crippen LogP contribution in [0.15, 0.2) is 71.6 Å². The highest BCUT2D eigenvalue weighted by atomic mass is 35.5. The van der Waals surface area contributed by atoms with E-state index in [4.69, 9.17) is 11.6 Å². The van der Waals surface area contributed by atoms with Crippen molar-refractivity contribution in [2.24, 2.45) is 0 Å². The van der Waals surface area contributed by atoms with E-state index in [0.717, 1.165) is 10.8 Å². The Kier molecular flexibility index (Phi) is 4.66. The van der Waals surface area contributed by atoms with E-state index in [1.165, 1.54) is 12.1 Å². The standard InChI is InChI=1S/C21H18ClNO3S/c22-18-7-9-19(10-8-18)27(25,26)20-11-12-23(14-20)21(24)17-6-5-15-3-1-2-4-16(15)13-17/h1-10,13,20H,11-12,14H2. The molecule has 0 N–H and O–H groups in total. The van der Waals surface area contributed by atoms with Gasteiger partial charge in [-0.1, -0.05) is 41.9 Å². The van der Waals surface area contributed by atoms with E-state index < -0.39 is 15.1 Å². The molecular formula is C21H18ClNO3S. The fourth-order valence-electron chi connectivity index (χ4n) is 3.49. The summed E-state index contributed by atoms with van der Waals surface area (Å²) in [5.74, 6) is -0.130. The van der Waals surface area contributed by atoms with Crippen LogP contribution in [-0.4, -0.2) is 37.6 Å². The number of fused-ring (bicyclic) bond motifs is 1. The zero-order valence-electron chi connectivity index (χ0n) is 14.5. The van der Waals surface area contributed by atoms with Crippen LogP contribution in [0.1, 0.15) is 16.8 Å². The molecule has 27 heavy (non-hydrogen) atoms. The topological polar surface area (TPSA) is 54.5 Å². The summed E-state index contributed by atoms with van der Waals surface area (Å²) >= 11 is 5.85. The highest BCUT2D eigenvalue weighted by molar-refractivity contribution is 7.92. The number of carbonyl (C=O) groups excluding carboxylic acids is 1. The number of amides is 1. The molecule has 4 rings (SSSR count). The Morgan fingerprint density at radius 3 is 2.41 bits per heavy atom. The van der Waals surface area contributed by atoms with Crippen LogP contribution < -0.4 is 0 Å². The number of benzene rings is 3. The van der Waals surface area contributed by atoms with Crippen molar-refractivity contribution in [3.05, 3.63) is 77.3 Å². The lowest BCUT2D eigenvalue weighted by molar-refractivity contribution is 0.0793. The van der Waals surface area contributed by atoms with Crippen LogP contribution >= 0.6 is 11.6 Å². The molecule has 1 atom stereocenters. The average Bonchev–Trinajstić information content (AvgIpc) is 3.18. The van der Waals surface area contributed by atoms with Crippen molar-refractivity contribution in [2.75, 3.05) is 13.1 Å². The van der Waals surface area contributed by atoms with Gasteiger partial charge in [-0.2, -0.15) is 0 Å². The first-order chi connectivity index (χ1) is 12.9. The SMILES string of the molecule is O=C(c1ccc2ccccc2c1)N1CCC(S(=O)(=O)c2ccc(Cl)cc2)C1. The van der Waals surface area contributed by atoms with E-state index in [1.807, 2.05) is 36.4 Å². The van der Waals surface area contributed by atoms with Crippen LogP contribution in [0.3, 0.4) is 0 Å². The number of carbonyl (C=O) groups is 1. The summed E-state index contributed by atoms with van der Waals surface area (Å²) in [6.07, 6.45) is 0.435. The van der Waals surface area contributed by atoms with Crippen LogP contribution in [0.5, 0.6) is 0 Å². The molecule has 0 aliphatic carbocycles. The maximum atomic E-state index is 12.9. The molecule has 4 nitrogen and oxygen atoms in total. The molecule has 3 aromatic carbocycles. The average molecular weight is 400 g/mol. The van der Waals surface area contributed by atoms with Gasteiger partial charge in [0.05, 0.1) is 10.1 Å². The van der Waals surface area contributed by atoms with Crippen molar-refractivity contribution in [1.29, 1.82) is 0 Å². The molecule has 0 saturated carbocycles. The van der Waals surface area contributed by atoms with Gasteiger partial charge in [-0.25, -0.2) is 8.42 Å². The molecule has 0 spiro atoms. The second-order valence-corrected chi connectivity index (χ2v) is 9.39. The monoisotopic (exact) mass is 399 g/mol. The number of hydrogen-bond donors (Lipinski definition) is 0. The molecule has 3 aromatic rings. The summed E-state index contributed by atoms with van der Waals surface area (Å²) in [7, 11) is -3.49. The highest BCUT2D eigenvalue weighted by Gasteiger charge is 2.36. The summed E-state index contributed by atoms with van der Waals surface area (Å²) in [4.78, 5) is 14.7. The Balaban J connectivity index is 1.54. The maximum absolute atomic E-state index is 12.9. The molecule has 1 aliphatic rings. The number of hydrogen-bond acceptors (Lipinski definition) is 3. The van der Waals surface area contributed by atoms with Gasteiger partial charge in [0.1, 0.15) is 0 Å². The first kappa shape index (κ1) is 18.0. The summed E-state index contributed by atoms with van der Waals surface area (Å²) in [5, 5.41) is 1.96. The lowest BCUT2D eigenvalue weighted by atomic mass is 10.1. The van der Waals surface area contributed by atoms with Crippen molar-refractivity contribution in [2.45, 2.75) is 16.6 Å². The molecule has 1 aliphatic heterocycles. The van der Waals surface area contributed by atoms with Crippen LogP contribution in [0.25, 0.3) is 10.8 Å². The van der Waals surface area contributed by atoms with Gasteiger partial charge in [-0.3, -0.25) is 4.79 Å².